The smallest absolute Gasteiger partial charge is 0.274 e. The molecular formula is C25H33FN8O3. The van der Waals surface area contributed by atoms with Crippen molar-refractivity contribution in [3.8, 4) is 0 Å². The highest BCUT2D eigenvalue weighted by Crippen LogP contribution is 2.25. The molecule has 3 aromatic rings. The standard InChI is InChI=1S/C25H33FN8O3/c1-27-22-13-21(31-23-17(14-28-34(22)23)24(35)30-18-7-8-20(18)37-2)29-19-6-4-11-33(25(19)36)16-5-3-10-32(15-16)12-9-26/h4,6,11,13-14,16,18,20,27H,3,5,7-10,12,15H2,1-2H3,(H,29,31)(H,30,35)/t16-,18?,20+/m0/s1. The molecule has 3 N–H and O–H groups in total. The fourth-order valence-corrected chi connectivity index (χ4v) is 5.14. The fraction of sp³-hybridized carbons (Fsp3) is 0.520. The number of fused-ring (bicyclic) bond motifs is 1. The zero-order valence-electron chi connectivity index (χ0n) is 21.1. The van der Waals surface area contributed by atoms with Gasteiger partial charge in [0.15, 0.2) is 5.65 Å². The Bertz CT molecular complexity index is 1320. The Kier molecular flexibility index (Phi) is 7.38. The number of halogens is 1. The van der Waals surface area contributed by atoms with E-state index < -0.39 is 6.67 Å². The molecule has 1 amide bonds. The van der Waals surface area contributed by atoms with Crippen LogP contribution < -0.4 is 21.5 Å². The third-order valence-corrected chi connectivity index (χ3v) is 7.31. The summed E-state index contributed by atoms with van der Waals surface area (Å²) < 4.78 is 21.5. The number of carbonyl (C=O) groups excluding carboxylic acids is 1. The number of anilines is 3. The first-order valence-electron chi connectivity index (χ1n) is 12.7. The Morgan fingerprint density at radius 3 is 2.89 bits per heavy atom. The van der Waals surface area contributed by atoms with Gasteiger partial charge in [-0.2, -0.15) is 9.61 Å². The molecule has 37 heavy (non-hydrogen) atoms. The van der Waals surface area contributed by atoms with Gasteiger partial charge in [0.1, 0.15) is 29.6 Å². The number of likely N-dealkylation sites (tertiary alicyclic amines) is 1. The number of carbonyl (C=O) groups is 1. The molecule has 3 aromatic heterocycles. The van der Waals surface area contributed by atoms with Crippen molar-refractivity contribution < 1.29 is 13.9 Å². The van der Waals surface area contributed by atoms with Crippen LogP contribution in [0.3, 0.4) is 0 Å². The second kappa shape index (κ2) is 10.9. The van der Waals surface area contributed by atoms with E-state index in [2.05, 4.69) is 30.9 Å². The largest absolute Gasteiger partial charge is 0.379 e. The minimum atomic E-state index is -0.395. The molecule has 4 heterocycles. The van der Waals surface area contributed by atoms with Crippen molar-refractivity contribution in [2.75, 3.05) is 51.1 Å². The van der Waals surface area contributed by atoms with Crippen molar-refractivity contribution in [1.82, 2.24) is 29.4 Å². The average molecular weight is 513 g/mol. The van der Waals surface area contributed by atoms with E-state index >= 15 is 0 Å². The number of hydrogen-bond acceptors (Lipinski definition) is 8. The van der Waals surface area contributed by atoms with E-state index in [9.17, 15) is 14.0 Å². The number of nitrogens with one attached hydrogen (secondary N) is 3. The summed E-state index contributed by atoms with van der Waals surface area (Å²) in [5.41, 5.74) is 0.893. The number of nitrogens with zero attached hydrogens (tertiary/aromatic N) is 5. The highest BCUT2D eigenvalue weighted by Gasteiger charge is 2.33. The molecule has 0 spiro atoms. The molecule has 2 fully saturated rings. The van der Waals surface area contributed by atoms with Crippen LogP contribution in [0.15, 0.2) is 35.4 Å². The van der Waals surface area contributed by atoms with Crippen molar-refractivity contribution in [2.45, 2.75) is 43.9 Å². The van der Waals surface area contributed by atoms with E-state index in [1.807, 2.05) is 6.07 Å². The lowest BCUT2D eigenvalue weighted by molar-refractivity contribution is 0.00732. The summed E-state index contributed by atoms with van der Waals surface area (Å²) in [6.45, 7) is 1.47. The Balaban J connectivity index is 1.41. The number of pyridine rings is 1. The molecule has 1 aliphatic heterocycles. The van der Waals surface area contributed by atoms with Gasteiger partial charge in [-0.15, -0.1) is 0 Å². The van der Waals surface area contributed by atoms with Crippen LogP contribution in [0, 0.1) is 0 Å². The number of methoxy groups -OCH3 is 1. The maximum absolute atomic E-state index is 13.4. The molecule has 1 aliphatic carbocycles. The lowest BCUT2D eigenvalue weighted by Gasteiger charge is -2.35. The fourth-order valence-electron chi connectivity index (χ4n) is 5.14. The van der Waals surface area contributed by atoms with E-state index in [0.717, 1.165) is 32.2 Å². The minimum absolute atomic E-state index is 0.0114. The number of piperidine rings is 1. The Hall–Kier alpha value is -3.51. The van der Waals surface area contributed by atoms with Crippen molar-refractivity contribution in [3.05, 3.63) is 46.5 Å². The van der Waals surface area contributed by atoms with Crippen LogP contribution in [0.4, 0.5) is 21.7 Å². The summed E-state index contributed by atoms with van der Waals surface area (Å²) in [6.07, 6.45) is 6.83. The van der Waals surface area contributed by atoms with Gasteiger partial charge in [0.2, 0.25) is 0 Å². The predicted octanol–water partition coefficient (Wildman–Crippen LogP) is 2.19. The van der Waals surface area contributed by atoms with E-state index in [-0.39, 0.29) is 29.7 Å². The molecule has 11 nitrogen and oxygen atoms in total. The summed E-state index contributed by atoms with van der Waals surface area (Å²) in [6, 6.07) is 5.19. The third-order valence-electron chi connectivity index (χ3n) is 7.31. The summed E-state index contributed by atoms with van der Waals surface area (Å²) in [7, 11) is 3.39. The lowest BCUT2D eigenvalue weighted by Crippen LogP contribution is -2.51. The molecule has 3 atom stereocenters. The topological polar surface area (TPSA) is 118 Å². The first-order chi connectivity index (χ1) is 18.0. The van der Waals surface area contributed by atoms with Crippen molar-refractivity contribution in [1.29, 1.82) is 0 Å². The van der Waals surface area contributed by atoms with Crippen LogP contribution in [0.2, 0.25) is 0 Å². The monoisotopic (exact) mass is 512 g/mol. The normalized spacial score (nSPS) is 22.0. The van der Waals surface area contributed by atoms with Gasteiger partial charge in [0.25, 0.3) is 11.5 Å². The molecule has 0 aromatic carbocycles. The van der Waals surface area contributed by atoms with Crippen LogP contribution in [-0.4, -0.2) is 82.6 Å². The van der Waals surface area contributed by atoms with Crippen molar-refractivity contribution >= 4 is 28.9 Å². The summed E-state index contributed by atoms with van der Waals surface area (Å²) in [5, 5.41) is 13.6. The summed E-state index contributed by atoms with van der Waals surface area (Å²) >= 11 is 0. The first kappa shape index (κ1) is 25.2. The Morgan fingerprint density at radius 1 is 1.30 bits per heavy atom. The number of rotatable bonds is 9. The summed E-state index contributed by atoms with van der Waals surface area (Å²) in [4.78, 5) is 33.1. The predicted molar refractivity (Wildman–Crippen MR) is 138 cm³/mol. The van der Waals surface area contributed by atoms with Gasteiger partial charge in [-0.25, -0.2) is 9.37 Å². The molecule has 12 heteroatoms. The minimum Gasteiger partial charge on any atom is -0.379 e. The maximum atomic E-state index is 13.4. The molecule has 5 rings (SSSR count). The third kappa shape index (κ3) is 5.03. The van der Waals surface area contributed by atoms with Crippen LogP contribution in [0.25, 0.3) is 5.65 Å². The number of hydrogen-bond donors (Lipinski definition) is 3. The van der Waals surface area contributed by atoms with Crippen molar-refractivity contribution in [2.24, 2.45) is 0 Å². The molecule has 0 bridgehead atoms. The second-order valence-electron chi connectivity index (χ2n) is 9.55. The van der Waals surface area contributed by atoms with Gasteiger partial charge in [-0.05, 0) is 44.4 Å². The average Bonchev–Trinajstić information content (AvgIpc) is 3.32. The lowest BCUT2D eigenvalue weighted by atomic mass is 9.89. The Labute approximate surface area is 214 Å². The van der Waals surface area contributed by atoms with Crippen LogP contribution in [0.1, 0.15) is 42.1 Å². The molecular weight excluding hydrogens is 479 g/mol. The molecule has 2 aliphatic rings. The van der Waals surface area contributed by atoms with Gasteiger partial charge in [0, 0.05) is 45.6 Å². The SMILES string of the molecule is CNc1cc(Nc2cccn([C@H]3CCCN(CCF)C3)c2=O)nc2c(C(=O)NC3CC[C@H]3OC)cnn12. The van der Waals surface area contributed by atoms with E-state index in [4.69, 9.17) is 4.74 Å². The first-order valence-corrected chi connectivity index (χ1v) is 12.7. The quantitative estimate of drug-likeness (QED) is 0.400. The van der Waals surface area contributed by atoms with E-state index in [1.165, 1.54) is 6.20 Å². The van der Waals surface area contributed by atoms with Gasteiger partial charge >= 0.3 is 0 Å². The van der Waals surface area contributed by atoms with Crippen LogP contribution in [-0.2, 0) is 4.74 Å². The highest BCUT2D eigenvalue weighted by atomic mass is 19.1. The van der Waals surface area contributed by atoms with E-state index in [1.54, 1.807) is 41.6 Å². The molecule has 1 saturated heterocycles. The van der Waals surface area contributed by atoms with E-state index in [0.29, 0.717) is 41.6 Å². The van der Waals surface area contributed by atoms with Crippen molar-refractivity contribution in [3.63, 3.8) is 0 Å². The highest BCUT2D eigenvalue weighted by molar-refractivity contribution is 6.00. The number of alkyl halides is 1. The van der Waals surface area contributed by atoms with Gasteiger partial charge in [-0.1, -0.05) is 0 Å². The molecule has 0 radical (unpaired) electrons. The zero-order valence-corrected chi connectivity index (χ0v) is 21.1. The molecule has 1 saturated carbocycles. The van der Waals surface area contributed by atoms with Gasteiger partial charge in [-0.3, -0.25) is 14.5 Å². The second-order valence-corrected chi connectivity index (χ2v) is 9.55. The number of amides is 1. The van der Waals surface area contributed by atoms with Gasteiger partial charge < -0.3 is 25.3 Å². The Morgan fingerprint density at radius 2 is 2.16 bits per heavy atom. The molecule has 198 valence electrons. The summed E-state index contributed by atoms with van der Waals surface area (Å²) in [5.74, 6) is 0.739. The zero-order chi connectivity index (χ0) is 25.9. The maximum Gasteiger partial charge on any atom is 0.274 e. The molecule has 1 unspecified atom stereocenters. The van der Waals surface area contributed by atoms with Crippen LogP contribution in [0.5, 0.6) is 0 Å². The van der Waals surface area contributed by atoms with Crippen LogP contribution >= 0.6 is 0 Å². The van der Waals surface area contributed by atoms with Gasteiger partial charge in [0.05, 0.1) is 18.3 Å². The number of ether oxygens (including phenoxy) is 1. The number of aromatic nitrogens is 4.